The second-order valence-corrected chi connectivity index (χ2v) is 5.95. The van der Waals surface area contributed by atoms with Gasteiger partial charge in [0, 0.05) is 39.3 Å². The van der Waals surface area contributed by atoms with Gasteiger partial charge < -0.3 is 19.8 Å². The lowest BCUT2D eigenvalue weighted by Gasteiger charge is -2.13. The summed E-state index contributed by atoms with van der Waals surface area (Å²) in [7, 11) is 0. The zero-order chi connectivity index (χ0) is 19.3. The smallest absolute Gasteiger partial charge is 0.191 e. The summed E-state index contributed by atoms with van der Waals surface area (Å²) in [6, 6.07) is 7.26. The molecule has 2 aromatic rings. The first kappa shape index (κ1) is 24.4. The molecule has 0 radical (unpaired) electrons. The molecule has 0 spiro atoms. The third-order valence-electron chi connectivity index (χ3n) is 3.86. The van der Waals surface area contributed by atoms with Gasteiger partial charge in [0.15, 0.2) is 5.96 Å². The maximum Gasteiger partial charge on any atom is 0.191 e. The minimum atomic E-state index is -0.437. The molecule has 2 N–H and O–H groups in total. The average molecular weight is 507 g/mol. The number of nitrogens with one attached hydrogen (secondary N) is 2. The van der Waals surface area contributed by atoms with E-state index in [1.54, 1.807) is 6.26 Å². The molecule has 0 saturated carbocycles. The highest BCUT2D eigenvalue weighted by Gasteiger charge is 2.05. The standard InChI is InChI=1S/C20H27F2N3O2.HI/c1-2-26-13-4-10-23-20(25-12-9-18-5-3-14-27-18)24-11-8-16-15-17(21)6-7-19(16)22;/h3,5-7,14-15H,2,4,8-13H2,1H3,(H2,23,24,25);1H. The molecular formula is C20H28F2IN3O2. The van der Waals surface area contributed by atoms with Crippen molar-refractivity contribution in [3.05, 3.63) is 59.6 Å². The maximum atomic E-state index is 13.7. The van der Waals surface area contributed by atoms with Gasteiger partial charge in [0.1, 0.15) is 17.4 Å². The van der Waals surface area contributed by atoms with Crippen molar-refractivity contribution < 1.29 is 17.9 Å². The molecule has 0 saturated heterocycles. The minimum Gasteiger partial charge on any atom is -0.469 e. The van der Waals surface area contributed by atoms with Crippen LogP contribution in [-0.4, -0.2) is 38.8 Å². The first-order chi connectivity index (χ1) is 13.2. The summed E-state index contributed by atoms with van der Waals surface area (Å²) in [5.74, 6) is 0.682. The molecule has 0 atom stereocenters. The van der Waals surface area contributed by atoms with E-state index in [1.165, 1.54) is 6.07 Å². The summed E-state index contributed by atoms with van der Waals surface area (Å²) in [5, 5.41) is 6.40. The number of aliphatic imine (C=N–C) groups is 1. The zero-order valence-electron chi connectivity index (χ0n) is 16.0. The quantitative estimate of drug-likeness (QED) is 0.210. The third kappa shape index (κ3) is 9.50. The SMILES string of the molecule is CCOCCCN=C(NCCc1ccco1)NCCc1cc(F)ccc1F.I. The average Bonchev–Trinajstić information content (AvgIpc) is 3.17. The minimum absolute atomic E-state index is 0. The van der Waals surface area contributed by atoms with Crippen molar-refractivity contribution in [1.29, 1.82) is 0 Å². The molecule has 8 heteroatoms. The lowest BCUT2D eigenvalue weighted by atomic mass is 10.1. The van der Waals surface area contributed by atoms with Crippen molar-refractivity contribution in [2.45, 2.75) is 26.2 Å². The zero-order valence-corrected chi connectivity index (χ0v) is 18.4. The van der Waals surface area contributed by atoms with Gasteiger partial charge in [0.2, 0.25) is 0 Å². The van der Waals surface area contributed by atoms with E-state index in [4.69, 9.17) is 9.15 Å². The highest BCUT2D eigenvalue weighted by Crippen LogP contribution is 2.09. The number of benzene rings is 1. The van der Waals surface area contributed by atoms with Gasteiger partial charge in [-0.15, -0.1) is 24.0 Å². The summed E-state index contributed by atoms with van der Waals surface area (Å²) in [5.41, 5.74) is 0.341. The Balaban J connectivity index is 0.00000392. The predicted molar refractivity (Wildman–Crippen MR) is 117 cm³/mol. The Labute approximate surface area is 182 Å². The number of guanidine groups is 1. The van der Waals surface area contributed by atoms with Crippen LogP contribution in [0.2, 0.25) is 0 Å². The number of halogens is 3. The Kier molecular flexibility index (Phi) is 12.5. The number of ether oxygens (including phenoxy) is 1. The lowest BCUT2D eigenvalue weighted by Crippen LogP contribution is -2.39. The van der Waals surface area contributed by atoms with Crippen molar-refractivity contribution in [1.82, 2.24) is 10.6 Å². The molecule has 156 valence electrons. The highest BCUT2D eigenvalue weighted by atomic mass is 127. The van der Waals surface area contributed by atoms with E-state index in [0.29, 0.717) is 50.8 Å². The number of hydrogen-bond acceptors (Lipinski definition) is 3. The van der Waals surface area contributed by atoms with E-state index in [2.05, 4.69) is 15.6 Å². The van der Waals surface area contributed by atoms with Crippen LogP contribution >= 0.6 is 24.0 Å². The first-order valence-corrected chi connectivity index (χ1v) is 9.25. The van der Waals surface area contributed by atoms with Crippen LogP contribution in [0.15, 0.2) is 46.0 Å². The molecule has 0 aliphatic heterocycles. The number of hydrogen-bond donors (Lipinski definition) is 2. The van der Waals surface area contributed by atoms with Crippen molar-refractivity contribution in [2.75, 3.05) is 32.8 Å². The van der Waals surface area contributed by atoms with Crippen molar-refractivity contribution in [2.24, 2.45) is 4.99 Å². The predicted octanol–water partition coefficient (Wildman–Crippen LogP) is 3.92. The summed E-state index contributed by atoms with van der Waals surface area (Å²) in [6.45, 7) is 5.02. The topological polar surface area (TPSA) is 58.8 Å². The molecule has 0 bridgehead atoms. The molecule has 1 aromatic carbocycles. The van der Waals surface area contributed by atoms with Crippen LogP contribution < -0.4 is 10.6 Å². The van der Waals surface area contributed by atoms with Gasteiger partial charge in [-0.25, -0.2) is 8.78 Å². The Morgan fingerprint density at radius 2 is 1.93 bits per heavy atom. The second kappa shape index (κ2) is 14.3. The summed E-state index contributed by atoms with van der Waals surface area (Å²) in [6.07, 6.45) is 3.55. The van der Waals surface area contributed by atoms with Gasteiger partial charge in [-0.1, -0.05) is 0 Å². The second-order valence-electron chi connectivity index (χ2n) is 5.95. The maximum absolute atomic E-state index is 13.7. The van der Waals surface area contributed by atoms with Crippen molar-refractivity contribution >= 4 is 29.9 Å². The monoisotopic (exact) mass is 507 g/mol. The van der Waals surface area contributed by atoms with Gasteiger partial charge in [0.25, 0.3) is 0 Å². The summed E-state index contributed by atoms with van der Waals surface area (Å²) in [4.78, 5) is 4.50. The Hall–Kier alpha value is -1.68. The van der Waals surface area contributed by atoms with Gasteiger partial charge in [0.05, 0.1) is 6.26 Å². The molecule has 28 heavy (non-hydrogen) atoms. The van der Waals surface area contributed by atoms with E-state index < -0.39 is 11.6 Å². The Bertz CT molecular complexity index is 697. The van der Waals surface area contributed by atoms with Gasteiger partial charge >= 0.3 is 0 Å². The molecule has 5 nitrogen and oxygen atoms in total. The molecular weight excluding hydrogens is 479 g/mol. The fraction of sp³-hybridized carbons (Fsp3) is 0.450. The van der Waals surface area contributed by atoms with Crippen LogP contribution in [0.1, 0.15) is 24.7 Å². The fourth-order valence-corrected chi connectivity index (χ4v) is 2.49. The van der Waals surface area contributed by atoms with Crippen molar-refractivity contribution in [3.63, 3.8) is 0 Å². The van der Waals surface area contributed by atoms with Crippen LogP contribution in [0, 0.1) is 11.6 Å². The van der Waals surface area contributed by atoms with Gasteiger partial charge in [-0.05, 0) is 55.7 Å². The van der Waals surface area contributed by atoms with E-state index in [9.17, 15) is 8.78 Å². The number of nitrogens with zero attached hydrogens (tertiary/aromatic N) is 1. The molecule has 0 fully saturated rings. The summed E-state index contributed by atoms with van der Waals surface area (Å²) < 4.78 is 37.6. The van der Waals surface area contributed by atoms with Crippen LogP contribution in [0.5, 0.6) is 0 Å². The summed E-state index contributed by atoms with van der Waals surface area (Å²) >= 11 is 0. The molecule has 0 aliphatic rings. The van der Waals surface area contributed by atoms with E-state index in [-0.39, 0.29) is 24.0 Å². The first-order valence-electron chi connectivity index (χ1n) is 9.25. The third-order valence-corrected chi connectivity index (χ3v) is 3.86. The molecule has 0 aliphatic carbocycles. The largest absolute Gasteiger partial charge is 0.469 e. The van der Waals surface area contributed by atoms with Crippen LogP contribution in [0.4, 0.5) is 8.78 Å². The number of rotatable bonds is 11. The van der Waals surface area contributed by atoms with E-state index in [0.717, 1.165) is 30.7 Å². The molecule has 0 amide bonds. The highest BCUT2D eigenvalue weighted by molar-refractivity contribution is 14.0. The molecule has 1 aromatic heterocycles. The fourth-order valence-electron chi connectivity index (χ4n) is 2.49. The Morgan fingerprint density at radius 3 is 2.64 bits per heavy atom. The molecule has 2 rings (SSSR count). The Morgan fingerprint density at radius 1 is 1.14 bits per heavy atom. The van der Waals surface area contributed by atoms with Crippen molar-refractivity contribution in [3.8, 4) is 0 Å². The molecule has 0 unspecified atom stereocenters. The van der Waals surface area contributed by atoms with Gasteiger partial charge in [-0.2, -0.15) is 0 Å². The van der Waals surface area contributed by atoms with Crippen LogP contribution in [-0.2, 0) is 17.6 Å². The van der Waals surface area contributed by atoms with Crippen LogP contribution in [0.3, 0.4) is 0 Å². The normalized spacial score (nSPS) is 11.2. The molecule has 1 heterocycles. The lowest BCUT2D eigenvalue weighted by molar-refractivity contribution is 0.146. The van der Waals surface area contributed by atoms with Crippen LogP contribution in [0.25, 0.3) is 0 Å². The number of furan rings is 1. The van der Waals surface area contributed by atoms with E-state index in [1.807, 2.05) is 19.1 Å². The van der Waals surface area contributed by atoms with Gasteiger partial charge in [-0.3, -0.25) is 4.99 Å². The van der Waals surface area contributed by atoms with E-state index >= 15 is 0 Å².